The maximum Gasteiger partial charge on any atom is 0.262 e. The molecule has 0 amide bonds. The lowest BCUT2D eigenvalue weighted by molar-refractivity contribution is 0.0567. The van der Waals surface area contributed by atoms with E-state index in [1.54, 1.807) is 18.2 Å². The molecule has 0 atom stereocenters. The molecule has 1 aromatic carbocycles. The highest BCUT2D eigenvalue weighted by Gasteiger charge is 2.15. The topological polar surface area (TPSA) is 61.9 Å². The summed E-state index contributed by atoms with van der Waals surface area (Å²) < 4.78 is 23.7. The standard InChI is InChI=1S/C13H21N3O3S/c1-15-7-9-16(10-8-15)11-12-19-14-20(17,18)13-5-3-2-4-6-13/h2-6,14H,7-12H2,1H3. The zero-order valence-corrected chi connectivity index (χ0v) is 12.5. The van der Waals surface area contributed by atoms with Crippen molar-refractivity contribution >= 4 is 10.0 Å². The quantitative estimate of drug-likeness (QED) is 0.598. The van der Waals surface area contributed by atoms with Crippen LogP contribution in [0.15, 0.2) is 35.2 Å². The molecule has 0 saturated carbocycles. The highest BCUT2D eigenvalue weighted by Crippen LogP contribution is 2.06. The Labute approximate surface area is 120 Å². The van der Waals surface area contributed by atoms with E-state index in [2.05, 4.69) is 21.7 Å². The first-order chi connectivity index (χ1) is 9.58. The second-order valence-corrected chi connectivity index (χ2v) is 6.54. The lowest BCUT2D eigenvalue weighted by Crippen LogP contribution is -2.45. The monoisotopic (exact) mass is 299 g/mol. The Morgan fingerprint density at radius 3 is 2.45 bits per heavy atom. The number of hydrogen-bond acceptors (Lipinski definition) is 5. The van der Waals surface area contributed by atoms with Crippen molar-refractivity contribution in [3.05, 3.63) is 30.3 Å². The van der Waals surface area contributed by atoms with Gasteiger partial charge in [-0.05, 0) is 19.2 Å². The van der Waals surface area contributed by atoms with Crippen LogP contribution in [0.1, 0.15) is 0 Å². The molecule has 1 N–H and O–H groups in total. The number of rotatable bonds is 6. The van der Waals surface area contributed by atoms with Gasteiger partial charge in [0.25, 0.3) is 10.0 Å². The maximum atomic E-state index is 11.9. The van der Waals surface area contributed by atoms with Crippen LogP contribution in [0.5, 0.6) is 0 Å². The molecule has 1 saturated heterocycles. The fourth-order valence-corrected chi connectivity index (χ4v) is 2.86. The van der Waals surface area contributed by atoms with Crippen LogP contribution in [0.25, 0.3) is 0 Å². The van der Waals surface area contributed by atoms with Gasteiger partial charge in [0.05, 0.1) is 11.5 Å². The summed E-state index contributed by atoms with van der Waals surface area (Å²) in [5.74, 6) is 0. The summed E-state index contributed by atoms with van der Waals surface area (Å²) in [5, 5.41) is 0. The van der Waals surface area contributed by atoms with Crippen LogP contribution >= 0.6 is 0 Å². The van der Waals surface area contributed by atoms with Crippen molar-refractivity contribution < 1.29 is 13.3 Å². The van der Waals surface area contributed by atoms with Crippen LogP contribution in [-0.4, -0.2) is 64.6 Å². The summed E-state index contributed by atoms with van der Waals surface area (Å²) in [6, 6.07) is 8.20. The zero-order chi connectivity index (χ0) is 14.4. The van der Waals surface area contributed by atoms with Crippen molar-refractivity contribution in [3.8, 4) is 0 Å². The van der Waals surface area contributed by atoms with Crippen molar-refractivity contribution in [1.29, 1.82) is 0 Å². The van der Waals surface area contributed by atoms with Crippen LogP contribution in [0.3, 0.4) is 0 Å². The molecule has 1 fully saturated rings. The largest absolute Gasteiger partial charge is 0.304 e. The summed E-state index contributed by atoms with van der Waals surface area (Å²) in [4.78, 5) is 12.0. The molecule has 1 aliphatic rings. The van der Waals surface area contributed by atoms with Crippen molar-refractivity contribution in [1.82, 2.24) is 14.7 Å². The first kappa shape index (κ1) is 15.4. The first-order valence-electron chi connectivity index (χ1n) is 6.67. The third-order valence-electron chi connectivity index (χ3n) is 3.33. The number of sulfonamides is 1. The van der Waals surface area contributed by atoms with Crippen molar-refractivity contribution in [2.45, 2.75) is 4.90 Å². The van der Waals surface area contributed by atoms with Crippen molar-refractivity contribution in [2.24, 2.45) is 0 Å². The summed E-state index contributed by atoms with van der Waals surface area (Å²) in [6.07, 6.45) is 0. The molecular weight excluding hydrogens is 278 g/mol. The Hall–Kier alpha value is -0.990. The van der Waals surface area contributed by atoms with Gasteiger partial charge in [0.2, 0.25) is 0 Å². The number of nitrogens with zero attached hydrogens (tertiary/aromatic N) is 2. The van der Waals surface area contributed by atoms with Crippen LogP contribution in [0.2, 0.25) is 0 Å². The van der Waals surface area contributed by atoms with E-state index in [0.29, 0.717) is 6.61 Å². The summed E-state index contributed by atoms with van der Waals surface area (Å²) in [7, 11) is -1.47. The van der Waals surface area contributed by atoms with Crippen LogP contribution in [-0.2, 0) is 14.9 Å². The Kier molecular flexibility index (Phi) is 5.50. The van der Waals surface area contributed by atoms with Gasteiger partial charge in [-0.15, -0.1) is 0 Å². The molecule has 0 bridgehead atoms. The van der Waals surface area contributed by atoms with Gasteiger partial charge in [-0.3, -0.25) is 9.74 Å². The smallest absolute Gasteiger partial charge is 0.262 e. The van der Waals surface area contributed by atoms with E-state index in [-0.39, 0.29) is 4.90 Å². The van der Waals surface area contributed by atoms with Crippen molar-refractivity contribution in [2.75, 3.05) is 46.4 Å². The summed E-state index contributed by atoms with van der Waals surface area (Å²) >= 11 is 0. The van der Waals surface area contributed by atoms with E-state index in [1.807, 2.05) is 0 Å². The van der Waals surface area contributed by atoms with Gasteiger partial charge in [0, 0.05) is 32.7 Å². The molecule has 112 valence electrons. The minimum Gasteiger partial charge on any atom is -0.304 e. The predicted octanol–water partition coefficient (Wildman–Crippen LogP) is 0.144. The number of piperazine rings is 1. The van der Waals surface area contributed by atoms with E-state index in [9.17, 15) is 8.42 Å². The minimum absolute atomic E-state index is 0.208. The number of likely N-dealkylation sites (N-methyl/N-ethyl adjacent to an activating group) is 1. The average Bonchev–Trinajstić information content (AvgIpc) is 2.46. The van der Waals surface area contributed by atoms with Gasteiger partial charge >= 0.3 is 0 Å². The van der Waals surface area contributed by atoms with Crippen LogP contribution in [0.4, 0.5) is 0 Å². The summed E-state index contributed by atoms with van der Waals surface area (Å²) in [5.41, 5.74) is 0. The maximum absolute atomic E-state index is 11.9. The summed E-state index contributed by atoms with van der Waals surface area (Å²) in [6.45, 7) is 5.13. The van der Waals surface area contributed by atoms with Crippen LogP contribution in [0, 0.1) is 0 Å². The zero-order valence-electron chi connectivity index (χ0n) is 11.7. The normalized spacial score (nSPS) is 18.2. The number of nitrogens with one attached hydrogen (secondary N) is 1. The highest BCUT2D eigenvalue weighted by atomic mass is 32.2. The van der Waals surface area contributed by atoms with Gasteiger partial charge < -0.3 is 4.90 Å². The molecule has 0 spiro atoms. The van der Waals surface area contributed by atoms with Gasteiger partial charge in [0.15, 0.2) is 0 Å². The average molecular weight is 299 g/mol. The van der Waals surface area contributed by atoms with E-state index in [4.69, 9.17) is 4.84 Å². The molecule has 0 unspecified atom stereocenters. The molecule has 20 heavy (non-hydrogen) atoms. The second kappa shape index (κ2) is 7.14. The van der Waals surface area contributed by atoms with Gasteiger partial charge in [0.1, 0.15) is 0 Å². The molecule has 2 rings (SSSR count). The van der Waals surface area contributed by atoms with Gasteiger partial charge in [-0.25, -0.2) is 8.42 Å². The molecule has 1 aromatic rings. The van der Waals surface area contributed by atoms with Gasteiger partial charge in [-0.1, -0.05) is 23.1 Å². The fourth-order valence-electron chi connectivity index (χ4n) is 2.01. The number of benzene rings is 1. The molecule has 0 aromatic heterocycles. The Balaban J connectivity index is 1.71. The lowest BCUT2D eigenvalue weighted by atomic mass is 10.3. The Bertz CT molecular complexity index is 499. The van der Waals surface area contributed by atoms with Crippen molar-refractivity contribution in [3.63, 3.8) is 0 Å². The Morgan fingerprint density at radius 1 is 1.15 bits per heavy atom. The molecule has 1 aliphatic heterocycles. The van der Waals surface area contributed by atoms with Gasteiger partial charge in [-0.2, -0.15) is 0 Å². The third-order valence-corrected chi connectivity index (χ3v) is 4.56. The molecule has 0 aliphatic carbocycles. The molecule has 7 heteroatoms. The first-order valence-corrected chi connectivity index (χ1v) is 8.16. The lowest BCUT2D eigenvalue weighted by Gasteiger charge is -2.32. The SMILES string of the molecule is CN1CCN(CCONS(=O)(=O)c2ccccc2)CC1. The van der Waals surface area contributed by atoms with E-state index in [1.165, 1.54) is 12.1 Å². The van der Waals surface area contributed by atoms with E-state index >= 15 is 0 Å². The predicted molar refractivity (Wildman–Crippen MR) is 76.7 cm³/mol. The minimum atomic E-state index is -3.57. The molecule has 1 heterocycles. The van der Waals surface area contributed by atoms with E-state index < -0.39 is 10.0 Å². The Morgan fingerprint density at radius 2 is 1.80 bits per heavy atom. The molecular formula is C13H21N3O3S. The number of hydrogen-bond donors (Lipinski definition) is 1. The fraction of sp³-hybridized carbons (Fsp3) is 0.538. The molecule has 6 nitrogen and oxygen atoms in total. The highest BCUT2D eigenvalue weighted by molar-refractivity contribution is 7.89. The second-order valence-electron chi connectivity index (χ2n) is 4.89. The third kappa shape index (κ3) is 4.53. The van der Waals surface area contributed by atoms with Crippen LogP contribution < -0.4 is 4.89 Å². The molecule has 0 radical (unpaired) electrons. The van der Waals surface area contributed by atoms with E-state index in [0.717, 1.165) is 32.7 Å².